The lowest BCUT2D eigenvalue weighted by atomic mass is 10.1. The number of amides is 2. The number of phenolic OH excluding ortho intramolecular Hbond substituents is 1. The first-order chi connectivity index (χ1) is 14.1. The molecule has 1 aliphatic heterocycles. The van der Waals surface area contributed by atoms with Gasteiger partial charge in [0.25, 0.3) is 5.91 Å². The lowest BCUT2D eigenvalue weighted by Crippen LogP contribution is -2.43. The second-order valence-corrected chi connectivity index (χ2v) is 8.07. The SMILES string of the molecule is O=C(CC1CN(C(=O)c2cccc(O)c2)Cc2ccnn21)NCCc1cccs1. The topological polar surface area (TPSA) is 87.5 Å². The fourth-order valence-corrected chi connectivity index (χ4v) is 4.29. The van der Waals surface area contributed by atoms with E-state index in [1.807, 2.05) is 22.2 Å². The van der Waals surface area contributed by atoms with E-state index < -0.39 is 0 Å². The van der Waals surface area contributed by atoms with Gasteiger partial charge in [-0.3, -0.25) is 14.3 Å². The molecular weight excluding hydrogens is 388 g/mol. The van der Waals surface area contributed by atoms with Gasteiger partial charge in [0.2, 0.25) is 5.91 Å². The van der Waals surface area contributed by atoms with Crippen LogP contribution >= 0.6 is 11.3 Å². The molecule has 29 heavy (non-hydrogen) atoms. The van der Waals surface area contributed by atoms with Gasteiger partial charge in [0.1, 0.15) is 5.75 Å². The summed E-state index contributed by atoms with van der Waals surface area (Å²) in [7, 11) is 0. The monoisotopic (exact) mass is 410 g/mol. The minimum Gasteiger partial charge on any atom is -0.508 e. The number of aromatic nitrogens is 2. The first-order valence-corrected chi connectivity index (χ1v) is 10.4. The molecule has 1 aliphatic rings. The predicted molar refractivity (Wildman–Crippen MR) is 110 cm³/mol. The zero-order chi connectivity index (χ0) is 20.2. The second kappa shape index (κ2) is 8.48. The third kappa shape index (κ3) is 4.48. The van der Waals surface area contributed by atoms with Gasteiger partial charge in [0.15, 0.2) is 0 Å². The van der Waals surface area contributed by atoms with Gasteiger partial charge in [-0.2, -0.15) is 5.10 Å². The van der Waals surface area contributed by atoms with Crippen molar-refractivity contribution in [3.63, 3.8) is 0 Å². The molecule has 150 valence electrons. The Labute approximate surface area is 172 Å². The van der Waals surface area contributed by atoms with E-state index in [1.165, 1.54) is 17.0 Å². The van der Waals surface area contributed by atoms with Crippen LogP contribution in [0.25, 0.3) is 0 Å². The molecule has 2 amide bonds. The highest BCUT2D eigenvalue weighted by atomic mass is 32.1. The first kappa shape index (κ1) is 19.2. The molecule has 8 heteroatoms. The number of rotatable bonds is 6. The number of hydrogen-bond donors (Lipinski definition) is 2. The van der Waals surface area contributed by atoms with Crippen molar-refractivity contribution < 1.29 is 14.7 Å². The molecule has 2 aromatic heterocycles. The van der Waals surface area contributed by atoms with Crippen LogP contribution in [0.2, 0.25) is 0 Å². The molecule has 0 aliphatic carbocycles. The van der Waals surface area contributed by atoms with Gasteiger partial charge in [-0.25, -0.2) is 0 Å². The van der Waals surface area contributed by atoms with E-state index in [4.69, 9.17) is 0 Å². The molecule has 1 aromatic carbocycles. The molecule has 4 rings (SSSR count). The van der Waals surface area contributed by atoms with Crippen molar-refractivity contribution in [1.82, 2.24) is 20.0 Å². The third-order valence-corrected chi connectivity index (χ3v) is 5.89. The van der Waals surface area contributed by atoms with E-state index in [2.05, 4.69) is 16.5 Å². The van der Waals surface area contributed by atoms with E-state index in [0.29, 0.717) is 25.2 Å². The Balaban J connectivity index is 1.41. The highest BCUT2D eigenvalue weighted by molar-refractivity contribution is 7.09. The predicted octanol–water partition coefficient (Wildman–Crippen LogP) is 2.60. The van der Waals surface area contributed by atoms with Crippen molar-refractivity contribution in [2.24, 2.45) is 0 Å². The molecule has 3 heterocycles. The van der Waals surface area contributed by atoms with Crippen LogP contribution in [0.4, 0.5) is 0 Å². The van der Waals surface area contributed by atoms with E-state index in [9.17, 15) is 14.7 Å². The summed E-state index contributed by atoms with van der Waals surface area (Å²) >= 11 is 1.68. The largest absolute Gasteiger partial charge is 0.508 e. The van der Waals surface area contributed by atoms with Crippen LogP contribution in [0.3, 0.4) is 0 Å². The Morgan fingerprint density at radius 3 is 2.93 bits per heavy atom. The number of nitrogens with one attached hydrogen (secondary N) is 1. The summed E-state index contributed by atoms with van der Waals surface area (Å²) in [5.74, 6) is -0.171. The van der Waals surface area contributed by atoms with Crippen molar-refractivity contribution >= 4 is 23.2 Å². The molecule has 0 saturated carbocycles. The molecule has 2 N–H and O–H groups in total. The minimum absolute atomic E-state index is 0.0552. The quantitative estimate of drug-likeness (QED) is 0.654. The minimum atomic E-state index is -0.225. The number of aromatic hydroxyl groups is 1. The van der Waals surface area contributed by atoms with Gasteiger partial charge in [-0.1, -0.05) is 12.1 Å². The average molecular weight is 410 g/mol. The molecule has 7 nitrogen and oxygen atoms in total. The van der Waals surface area contributed by atoms with Gasteiger partial charge in [0, 0.05) is 29.7 Å². The highest BCUT2D eigenvalue weighted by Gasteiger charge is 2.30. The number of hydrogen-bond acceptors (Lipinski definition) is 5. The molecule has 0 saturated heterocycles. The van der Waals surface area contributed by atoms with Crippen molar-refractivity contribution in [2.75, 3.05) is 13.1 Å². The molecular formula is C21H22N4O3S. The molecule has 3 aromatic rings. The maximum absolute atomic E-state index is 12.9. The van der Waals surface area contributed by atoms with E-state index >= 15 is 0 Å². The van der Waals surface area contributed by atoms with Crippen molar-refractivity contribution in [1.29, 1.82) is 0 Å². The van der Waals surface area contributed by atoms with Crippen LogP contribution in [0.1, 0.15) is 33.4 Å². The van der Waals surface area contributed by atoms with Crippen LogP contribution < -0.4 is 5.32 Å². The van der Waals surface area contributed by atoms with Gasteiger partial charge >= 0.3 is 0 Å². The highest BCUT2D eigenvalue weighted by Crippen LogP contribution is 2.25. The number of thiophene rings is 1. The summed E-state index contributed by atoms with van der Waals surface area (Å²) in [5, 5.41) is 19.0. The van der Waals surface area contributed by atoms with Gasteiger partial charge in [-0.15, -0.1) is 11.3 Å². The Morgan fingerprint density at radius 1 is 1.24 bits per heavy atom. The normalized spacial score (nSPS) is 15.7. The Morgan fingerprint density at radius 2 is 2.14 bits per heavy atom. The summed E-state index contributed by atoms with van der Waals surface area (Å²) in [6, 6.07) is 12.0. The standard InChI is InChI=1S/C21H22N4O3S/c26-18-4-1-3-15(11-18)21(28)24-13-16-6-9-23-25(16)17(14-24)12-20(27)22-8-7-19-5-2-10-29-19/h1-6,9-11,17,26H,7-8,12-14H2,(H,22,27). The van der Waals surface area contributed by atoms with Gasteiger partial charge in [-0.05, 0) is 42.1 Å². The Hall–Kier alpha value is -3.13. The summed E-state index contributed by atoms with van der Waals surface area (Å²) < 4.78 is 1.84. The number of carbonyl (C=O) groups is 2. The van der Waals surface area contributed by atoms with E-state index in [-0.39, 0.29) is 30.0 Å². The molecule has 0 bridgehead atoms. The zero-order valence-corrected chi connectivity index (χ0v) is 16.6. The van der Waals surface area contributed by atoms with Crippen molar-refractivity contribution in [2.45, 2.75) is 25.4 Å². The van der Waals surface area contributed by atoms with E-state index in [0.717, 1.165) is 12.1 Å². The van der Waals surface area contributed by atoms with Crippen molar-refractivity contribution in [3.05, 3.63) is 70.2 Å². The Kier molecular flexibility index (Phi) is 5.62. The lowest BCUT2D eigenvalue weighted by molar-refractivity contribution is -0.122. The smallest absolute Gasteiger partial charge is 0.254 e. The number of phenols is 1. The third-order valence-electron chi connectivity index (χ3n) is 4.96. The van der Waals surface area contributed by atoms with Crippen LogP contribution in [0, 0.1) is 0 Å². The maximum Gasteiger partial charge on any atom is 0.254 e. The second-order valence-electron chi connectivity index (χ2n) is 7.04. The fourth-order valence-electron chi connectivity index (χ4n) is 3.58. The van der Waals surface area contributed by atoms with Crippen LogP contribution in [-0.4, -0.2) is 44.7 Å². The molecule has 0 spiro atoms. The number of benzene rings is 1. The maximum atomic E-state index is 12.9. The number of carbonyl (C=O) groups excluding carboxylic acids is 2. The van der Waals surface area contributed by atoms with E-state index in [1.54, 1.807) is 34.6 Å². The average Bonchev–Trinajstić information content (AvgIpc) is 3.39. The van der Waals surface area contributed by atoms with Gasteiger partial charge in [0.05, 0.1) is 24.7 Å². The fraction of sp³-hybridized carbons (Fsp3) is 0.286. The molecule has 0 radical (unpaired) electrons. The number of nitrogens with zero attached hydrogens (tertiary/aromatic N) is 3. The van der Waals surface area contributed by atoms with Crippen LogP contribution in [0.15, 0.2) is 54.0 Å². The summed E-state index contributed by atoms with van der Waals surface area (Å²) in [6.07, 6.45) is 2.76. The lowest BCUT2D eigenvalue weighted by Gasteiger charge is -2.33. The van der Waals surface area contributed by atoms with Crippen LogP contribution in [-0.2, 0) is 17.8 Å². The summed E-state index contributed by atoms with van der Waals surface area (Å²) in [4.78, 5) is 28.3. The molecule has 0 fully saturated rings. The Bertz CT molecular complexity index is 999. The van der Waals surface area contributed by atoms with Gasteiger partial charge < -0.3 is 15.3 Å². The molecule has 1 unspecified atom stereocenters. The number of fused-ring (bicyclic) bond motifs is 1. The van der Waals surface area contributed by atoms with Crippen molar-refractivity contribution in [3.8, 4) is 5.75 Å². The molecule has 1 atom stereocenters. The first-order valence-electron chi connectivity index (χ1n) is 9.50. The zero-order valence-electron chi connectivity index (χ0n) is 15.8. The summed E-state index contributed by atoms with van der Waals surface area (Å²) in [6.45, 7) is 1.40. The van der Waals surface area contributed by atoms with Crippen LogP contribution in [0.5, 0.6) is 5.75 Å². The summed E-state index contributed by atoms with van der Waals surface area (Å²) in [5.41, 5.74) is 1.32.